The van der Waals surface area contributed by atoms with E-state index in [1.54, 1.807) is 0 Å². The molecule has 0 aromatic rings. The third kappa shape index (κ3) is 54.5. The second-order valence-corrected chi connectivity index (χ2v) is 24.0. The molecule has 0 saturated heterocycles. The van der Waals surface area contributed by atoms with E-state index in [-0.39, 0.29) is 25.7 Å². The summed E-state index contributed by atoms with van der Waals surface area (Å²) in [5.41, 5.74) is 0. The van der Waals surface area contributed by atoms with Crippen molar-refractivity contribution in [2.45, 2.75) is 296 Å². The summed E-state index contributed by atoms with van der Waals surface area (Å²) in [6.45, 7) is 4.71. The first-order chi connectivity index (χ1) is 38.2. The molecule has 79 heavy (non-hydrogen) atoms. The molecule has 0 saturated carbocycles. The van der Waals surface area contributed by atoms with Crippen LogP contribution in [0.5, 0.6) is 0 Å². The number of ether oxygens (including phenoxy) is 4. The molecule has 17 nitrogen and oxygen atoms in total. The molecule has 5 atom stereocenters. The molecule has 0 aromatic heterocycles. The smallest absolute Gasteiger partial charge is 0.462 e. The summed E-state index contributed by atoms with van der Waals surface area (Å²) >= 11 is 0. The fraction of sp³-hybridized carbons (Fsp3) is 0.867. The second kappa shape index (κ2) is 54.8. The first-order valence-electron chi connectivity index (χ1n) is 31.1. The van der Waals surface area contributed by atoms with E-state index in [1.165, 1.54) is 77.0 Å². The Hall–Kier alpha value is -2.46. The molecular weight excluding hydrogens is 1050 g/mol. The lowest BCUT2D eigenvalue weighted by molar-refractivity contribution is -0.161. The number of aliphatic hydroxyl groups excluding tert-OH is 1. The van der Waals surface area contributed by atoms with E-state index >= 15 is 0 Å². The van der Waals surface area contributed by atoms with Gasteiger partial charge in [-0.3, -0.25) is 37.3 Å². The number of aliphatic hydroxyl groups is 1. The van der Waals surface area contributed by atoms with Gasteiger partial charge in [-0.2, -0.15) is 0 Å². The Morgan fingerprint density at radius 1 is 0.354 bits per heavy atom. The normalized spacial score (nSPS) is 14.5. The van der Waals surface area contributed by atoms with Crippen LogP contribution < -0.4 is 0 Å². The van der Waals surface area contributed by atoms with Gasteiger partial charge >= 0.3 is 39.5 Å². The van der Waals surface area contributed by atoms with Crippen molar-refractivity contribution in [3.05, 3.63) is 24.3 Å². The predicted molar refractivity (Wildman–Crippen MR) is 312 cm³/mol. The lowest BCUT2D eigenvalue weighted by Gasteiger charge is -2.21. The summed E-state index contributed by atoms with van der Waals surface area (Å²) < 4.78 is 67.6. The quantitative estimate of drug-likeness (QED) is 0.0169. The van der Waals surface area contributed by atoms with Crippen LogP contribution in [0.2, 0.25) is 0 Å². The van der Waals surface area contributed by atoms with Crippen molar-refractivity contribution in [2.75, 3.05) is 39.6 Å². The molecule has 464 valence electrons. The molecule has 0 fully saturated rings. The largest absolute Gasteiger partial charge is 0.472 e. The average molecular weight is 1170 g/mol. The zero-order valence-electron chi connectivity index (χ0n) is 49.8. The highest BCUT2D eigenvalue weighted by molar-refractivity contribution is 7.47. The van der Waals surface area contributed by atoms with Gasteiger partial charge in [-0.25, -0.2) is 9.13 Å². The zero-order valence-corrected chi connectivity index (χ0v) is 51.6. The second-order valence-electron chi connectivity index (χ2n) is 21.1. The van der Waals surface area contributed by atoms with Gasteiger partial charge < -0.3 is 33.8 Å². The lowest BCUT2D eigenvalue weighted by atomic mass is 10.1. The van der Waals surface area contributed by atoms with Gasteiger partial charge in [0, 0.05) is 25.7 Å². The van der Waals surface area contributed by atoms with E-state index in [4.69, 9.17) is 37.0 Å². The van der Waals surface area contributed by atoms with Crippen molar-refractivity contribution in [1.29, 1.82) is 0 Å². The van der Waals surface area contributed by atoms with Gasteiger partial charge in [0.05, 0.1) is 26.4 Å². The van der Waals surface area contributed by atoms with Gasteiger partial charge in [0.2, 0.25) is 0 Å². The minimum atomic E-state index is -4.94. The molecule has 0 aromatic carbocycles. The average Bonchev–Trinajstić information content (AvgIpc) is 3.42. The minimum Gasteiger partial charge on any atom is -0.462 e. The first kappa shape index (κ1) is 76.5. The summed E-state index contributed by atoms with van der Waals surface area (Å²) in [5, 5.41) is 10.5. The predicted octanol–water partition coefficient (Wildman–Crippen LogP) is 15.9. The highest BCUT2D eigenvalue weighted by Gasteiger charge is 2.30. The van der Waals surface area contributed by atoms with Gasteiger partial charge in [-0.05, 0) is 51.4 Å². The van der Waals surface area contributed by atoms with Gasteiger partial charge in [0.25, 0.3) is 0 Å². The number of carbonyl (C=O) groups is 4. The fourth-order valence-corrected chi connectivity index (χ4v) is 9.97. The van der Waals surface area contributed by atoms with Crippen LogP contribution in [-0.2, 0) is 65.4 Å². The topological polar surface area (TPSA) is 237 Å². The first-order valence-corrected chi connectivity index (χ1v) is 34.1. The molecule has 0 amide bonds. The number of unbranched alkanes of at least 4 members (excludes halogenated alkanes) is 30. The number of hydrogen-bond acceptors (Lipinski definition) is 15. The molecule has 0 heterocycles. The number of hydrogen-bond donors (Lipinski definition) is 3. The number of phosphoric acid groups is 2. The van der Waals surface area contributed by atoms with E-state index in [9.17, 15) is 43.2 Å². The van der Waals surface area contributed by atoms with Crippen LogP contribution in [0.1, 0.15) is 278 Å². The monoisotopic (exact) mass is 1170 g/mol. The number of esters is 4. The van der Waals surface area contributed by atoms with Crippen LogP contribution >= 0.6 is 15.6 Å². The van der Waals surface area contributed by atoms with E-state index in [0.29, 0.717) is 25.7 Å². The molecule has 19 heteroatoms. The molecule has 2 unspecified atom stereocenters. The summed E-state index contributed by atoms with van der Waals surface area (Å²) in [6.07, 6.45) is 41.3. The molecule has 0 spiro atoms. The third-order valence-corrected chi connectivity index (χ3v) is 15.1. The minimum absolute atomic E-state index is 0.0849. The highest BCUT2D eigenvalue weighted by Crippen LogP contribution is 2.45. The van der Waals surface area contributed by atoms with E-state index in [0.717, 1.165) is 122 Å². The maximum atomic E-state index is 12.9. The number of phosphoric ester groups is 2. The maximum absolute atomic E-state index is 12.9. The van der Waals surface area contributed by atoms with Gasteiger partial charge in [0.15, 0.2) is 12.2 Å². The molecule has 0 radical (unpaired) electrons. The Morgan fingerprint density at radius 3 is 0.924 bits per heavy atom. The van der Waals surface area contributed by atoms with E-state index < -0.39 is 97.5 Å². The van der Waals surface area contributed by atoms with Crippen LogP contribution in [0.3, 0.4) is 0 Å². The molecule has 0 aliphatic heterocycles. The zero-order chi connectivity index (χ0) is 58.3. The third-order valence-electron chi connectivity index (χ3n) is 13.2. The molecular formula is C60H112O17P2. The van der Waals surface area contributed by atoms with E-state index in [1.807, 2.05) is 0 Å². The Morgan fingerprint density at radius 2 is 0.608 bits per heavy atom. The summed E-state index contributed by atoms with van der Waals surface area (Å²) in [6, 6.07) is 0. The summed E-state index contributed by atoms with van der Waals surface area (Å²) in [5.74, 6) is -2.18. The SMILES string of the molecule is CCCCCC/C=C\C=C/CCCCCCCC(=O)O[C@H](COC(=O)CCCCCCCCCC)COP(=O)(O)OC[C@@H](O)COP(=O)(O)OC[C@@H](COC(=O)CCCCCCCCCC)OC(=O)CCCCCCCCCC. The number of allylic oxidation sites excluding steroid dienone is 4. The lowest BCUT2D eigenvalue weighted by Crippen LogP contribution is -2.30. The molecule has 3 N–H and O–H groups in total. The summed E-state index contributed by atoms with van der Waals surface area (Å²) in [4.78, 5) is 71.8. The number of rotatable bonds is 59. The van der Waals surface area contributed by atoms with Crippen molar-refractivity contribution in [2.24, 2.45) is 0 Å². The molecule has 0 rings (SSSR count). The van der Waals surface area contributed by atoms with Gasteiger partial charge in [0.1, 0.15) is 19.3 Å². The molecule has 0 bridgehead atoms. The van der Waals surface area contributed by atoms with E-state index in [2.05, 4.69) is 52.0 Å². The maximum Gasteiger partial charge on any atom is 0.472 e. The van der Waals surface area contributed by atoms with Crippen LogP contribution in [0.4, 0.5) is 0 Å². The Bertz CT molecular complexity index is 1630. The van der Waals surface area contributed by atoms with Crippen LogP contribution in [0.15, 0.2) is 24.3 Å². The molecule has 0 aliphatic carbocycles. The van der Waals surface area contributed by atoms with Crippen molar-refractivity contribution >= 4 is 39.5 Å². The fourth-order valence-electron chi connectivity index (χ4n) is 8.39. The Labute approximate surface area is 478 Å². The van der Waals surface area contributed by atoms with Crippen molar-refractivity contribution in [1.82, 2.24) is 0 Å². The van der Waals surface area contributed by atoms with Crippen LogP contribution in [-0.4, -0.2) is 96.7 Å². The highest BCUT2D eigenvalue weighted by atomic mass is 31.2. The summed E-state index contributed by atoms with van der Waals surface area (Å²) in [7, 11) is -9.88. The standard InChI is InChI=1S/C60H112O17P2/c1-5-9-13-17-21-25-26-27-28-29-30-31-35-39-43-47-60(65)77-56(51-71-58(63)45-41-37-33-23-19-15-11-7-3)53-75-79(68,69)73-49-54(61)48-72-78(66,67)74-52-55(76-59(64)46-42-38-34-24-20-16-12-8-4)50-70-57(62)44-40-36-32-22-18-14-10-6-2/h25-28,54-56,61H,5-24,29-53H2,1-4H3,(H,66,67)(H,68,69)/b26-25-,28-27-/t54-,55+,56+/m0/s1. The Balaban J connectivity index is 5.21. The molecule has 0 aliphatic rings. The van der Waals surface area contributed by atoms with Crippen molar-refractivity contribution in [3.63, 3.8) is 0 Å². The van der Waals surface area contributed by atoms with Gasteiger partial charge in [-0.1, -0.05) is 225 Å². The van der Waals surface area contributed by atoms with Crippen molar-refractivity contribution < 1.29 is 80.2 Å². The van der Waals surface area contributed by atoms with Crippen LogP contribution in [0, 0.1) is 0 Å². The van der Waals surface area contributed by atoms with Crippen LogP contribution in [0.25, 0.3) is 0 Å². The number of carbonyl (C=O) groups excluding carboxylic acids is 4. The van der Waals surface area contributed by atoms with Gasteiger partial charge in [-0.15, -0.1) is 0 Å². The Kier molecular flexibility index (Phi) is 53.1. The van der Waals surface area contributed by atoms with Crippen molar-refractivity contribution in [3.8, 4) is 0 Å².